The Balaban J connectivity index is 3.25. The van der Waals surface area contributed by atoms with E-state index in [1.165, 1.54) is 0 Å². The fraction of sp³-hybridized carbons (Fsp3) is 0.350. The van der Waals surface area contributed by atoms with Crippen molar-refractivity contribution in [3.05, 3.63) is 54.1 Å². The van der Waals surface area contributed by atoms with Crippen molar-refractivity contribution in [3.63, 3.8) is 0 Å². The molecule has 0 aliphatic carbocycles. The minimum atomic E-state index is -0.276. The van der Waals surface area contributed by atoms with Crippen LogP contribution in [0.25, 0.3) is 6.08 Å². The molecule has 0 spiro atoms. The SMILES string of the molecule is C=CCN(CC=C)c1cc(C)c(/C=C(\CC)C(=O)OCC)cc1N. The highest BCUT2D eigenvalue weighted by Crippen LogP contribution is 2.29. The van der Waals surface area contributed by atoms with E-state index in [9.17, 15) is 4.79 Å². The first-order valence-electron chi connectivity index (χ1n) is 8.22. The summed E-state index contributed by atoms with van der Waals surface area (Å²) in [5.74, 6) is -0.276. The van der Waals surface area contributed by atoms with Gasteiger partial charge in [0, 0.05) is 18.7 Å². The van der Waals surface area contributed by atoms with E-state index in [2.05, 4.69) is 18.1 Å². The topological polar surface area (TPSA) is 55.6 Å². The molecule has 24 heavy (non-hydrogen) atoms. The third kappa shape index (κ3) is 5.01. The lowest BCUT2D eigenvalue weighted by Gasteiger charge is -2.24. The Labute approximate surface area is 145 Å². The summed E-state index contributed by atoms with van der Waals surface area (Å²) in [7, 11) is 0. The van der Waals surface area contributed by atoms with Gasteiger partial charge in [0.2, 0.25) is 0 Å². The summed E-state index contributed by atoms with van der Waals surface area (Å²) >= 11 is 0. The number of carbonyl (C=O) groups excluding carboxylic acids is 1. The maximum Gasteiger partial charge on any atom is 0.333 e. The van der Waals surface area contributed by atoms with Gasteiger partial charge < -0.3 is 15.4 Å². The van der Waals surface area contributed by atoms with Gasteiger partial charge in [0.1, 0.15) is 0 Å². The molecule has 2 N–H and O–H groups in total. The number of esters is 1. The van der Waals surface area contributed by atoms with E-state index < -0.39 is 0 Å². The number of hydrogen-bond donors (Lipinski definition) is 1. The molecule has 1 rings (SSSR count). The normalized spacial score (nSPS) is 11.0. The van der Waals surface area contributed by atoms with Crippen LogP contribution in [0, 0.1) is 6.92 Å². The van der Waals surface area contributed by atoms with Gasteiger partial charge in [-0.05, 0) is 49.6 Å². The molecule has 0 unspecified atom stereocenters. The molecular formula is C20H28N2O2. The first kappa shape index (κ1) is 19.6. The molecule has 1 aromatic carbocycles. The second-order valence-electron chi connectivity index (χ2n) is 5.49. The van der Waals surface area contributed by atoms with E-state index in [4.69, 9.17) is 10.5 Å². The average molecular weight is 328 g/mol. The van der Waals surface area contributed by atoms with Gasteiger partial charge in [-0.25, -0.2) is 4.79 Å². The summed E-state index contributed by atoms with van der Waals surface area (Å²) in [5, 5.41) is 0. The second-order valence-corrected chi connectivity index (χ2v) is 5.49. The fourth-order valence-electron chi connectivity index (χ4n) is 2.46. The molecule has 0 aromatic heterocycles. The van der Waals surface area contributed by atoms with Gasteiger partial charge in [0.05, 0.1) is 18.0 Å². The van der Waals surface area contributed by atoms with E-state index in [1.54, 1.807) is 6.92 Å². The van der Waals surface area contributed by atoms with Crippen molar-refractivity contribution >= 4 is 23.4 Å². The van der Waals surface area contributed by atoms with E-state index in [1.807, 2.05) is 44.2 Å². The maximum atomic E-state index is 12.0. The van der Waals surface area contributed by atoms with Crippen LogP contribution in [0.4, 0.5) is 11.4 Å². The van der Waals surface area contributed by atoms with Crippen LogP contribution in [-0.4, -0.2) is 25.7 Å². The maximum absolute atomic E-state index is 12.0. The molecule has 0 atom stereocenters. The van der Waals surface area contributed by atoms with Crippen LogP contribution in [0.1, 0.15) is 31.4 Å². The first-order chi connectivity index (χ1) is 11.5. The van der Waals surface area contributed by atoms with Gasteiger partial charge in [-0.15, -0.1) is 13.2 Å². The summed E-state index contributed by atoms with van der Waals surface area (Å²) < 4.78 is 5.09. The van der Waals surface area contributed by atoms with Gasteiger partial charge in [0.25, 0.3) is 0 Å². The molecule has 0 heterocycles. The fourth-order valence-corrected chi connectivity index (χ4v) is 2.46. The van der Waals surface area contributed by atoms with Crippen molar-refractivity contribution in [1.29, 1.82) is 0 Å². The number of rotatable bonds is 9. The van der Waals surface area contributed by atoms with Crippen molar-refractivity contribution < 1.29 is 9.53 Å². The van der Waals surface area contributed by atoms with Gasteiger partial charge >= 0.3 is 5.97 Å². The zero-order chi connectivity index (χ0) is 18.1. The Morgan fingerprint density at radius 1 is 1.25 bits per heavy atom. The molecule has 0 aliphatic rings. The summed E-state index contributed by atoms with van der Waals surface area (Å²) in [4.78, 5) is 14.1. The molecule has 0 amide bonds. The molecule has 0 saturated carbocycles. The molecule has 1 aromatic rings. The smallest absolute Gasteiger partial charge is 0.333 e. The predicted octanol–water partition coefficient (Wildman–Crippen LogP) is 4.11. The number of nitrogens with zero attached hydrogens (tertiary/aromatic N) is 1. The summed E-state index contributed by atoms with van der Waals surface area (Å²) in [6.45, 7) is 15.1. The molecular weight excluding hydrogens is 300 g/mol. The van der Waals surface area contributed by atoms with Crippen molar-refractivity contribution in [1.82, 2.24) is 0 Å². The highest BCUT2D eigenvalue weighted by Gasteiger charge is 2.13. The standard InChI is InChI=1S/C20H28N2O2/c1-6-10-22(11-7-2)19-12-15(5)17(14-18(19)21)13-16(8-3)20(23)24-9-4/h6-7,12-14H,1-2,8-11,21H2,3-5H3/b16-13+. The Kier molecular flexibility index (Phi) is 7.83. The van der Waals surface area contributed by atoms with Crippen LogP contribution >= 0.6 is 0 Å². The van der Waals surface area contributed by atoms with Gasteiger partial charge in [-0.1, -0.05) is 19.1 Å². The molecule has 0 aliphatic heterocycles. The van der Waals surface area contributed by atoms with E-state index in [0.29, 0.717) is 37.4 Å². The number of anilines is 2. The number of ether oxygens (including phenoxy) is 1. The number of benzene rings is 1. The molecule has 0 fully saturated rings. The lowest BCUT2D eigenvalue weighted by atomic mass is 10.0. The van der Waals surface area contributed by atoms with Crippen LogP contribution < -0.4 is 10.6 Å². The third-order valence-electron chi connectivity index (χ3n) is 3.70. The van der Waals surface area contributed by atoms with Crippen molar-refractivity contribution in [2.75, 3.05) is 30.3 Å². The lowest BCUT2D eigenvalue weighted by Crippen LogP contribution is -2.24. The van der Waals surface area contributed by atoms with Crippen LogP contribution in [0.2, 0.25) is 0 Å². The van der Waals surface area contributed by atoms with Crippen LogP contribution in [0.3, 0.4) is 0 Å². The van der Waals surface area contributed by atoms with Gasteiger partial charge in [0.15, 0.2) is 0 Å². The second kappa shape index (κ2) is 9.60. The van der Waals surface area contributed by atoms with Gasteiger partial charge in [-0.2, -0.15) is 0 Å². The average Bonchev–Trinajstić information content (AvgIpc) is 2.55. The van der Waals surface area contributed by atoms with E-state index in [-0.39, 0.29) is 5.97 Å². The minimum Gasteiger partial charge on any atom is -0.463 e. The highest BCUT2D eigenvalue weighted by molar-refractivity contribution is 5.94. The Hall–Kier alpha value is -2.49. The summed E-state index contributed by atoms with van der Waals surface area (Å²) in [6.07, 6.45) is 6.14. The van der Waals surface area contributed by atoms with Gasteiger partial charge in [-0.3, -0.25) is 0 Å². The number of aryl methyl sites for hydroxylation is 1. The molecule has 0 saturated heterocycles. The zero-order valence-electron chi connectivity index (χ0n) is 15.0. The molecule has 4 heteroatoms. The van der Waals surface area contributed by atoms with E-state index in [0.717, 1.165) is 16.8 Å². The predicted molar refractivity (Wildman–Crippen MR) is 103 cm³/mol. The summed E-state index contributed by atoms with van der Waals surface area (Å²) in [5.41, 5.74) is 10.5. The number of carbonyl (C=O) groups is 1. The number of nitrogens with two attached hydrogens (primary N) is 1. The zero-order valence-corrected chi connectivity index (χ0v) is 15.0. The van der Waals surface area contributed by atoms with Crippen LogP contribution in [0.15, 0.2) is 43.0 Å². The largest absolute Gasteiger partial charge is 0.463 e. The minimum absolute atomic E-state index is 0.276. The summed E-state index contributed by atoms with van der Waals surface area (Å²) in [6, 6.07) is 3.94. The monoisotopic (exact) mass is 328 g/mol. The van der Waals surface area contributed by atoms with E-state index >= 15 is 0 Å². The van der Waals surface area contributed by atoms with Crippen molar-refractivity contribution in [3.8, 4) is 0 Å². The quantitative estimate of drug-likeness (QED) is 0.321. The molecule has 4 nitrogen and oxygen atoms in total. The van der Waals surface area contributed by atoms with Crippen molar-refractivity contribution in [2.45, 2.75) is 27.2 Å². The molecule has 0 bridgehead atoms. The molecule has 0 radical (unpaired) electrons. The first-order valence-corrected chi connectivity index (χ1v) is 8.22. The highest BCUT2D eigenvalue weighted by atomic mass is 16.5. The Morgan fingerprint density at radius 3 is 2.38 bits per heavy atom. The third-order valence-corrected chi connectivity index (χ3v) is 3.70. The number of nitrogen functional groups attached to an aromatic ring is 1. The molecule has 130 valence electrons. The lowest BCUT2D eigenvalue weighted by molar-refractivity contribution is -0.138. The van der Waals surface area contributed by atoms with Crippen LogP contribution in [0.5, 0.6) is 0 Å². The Bertz CT molecular complexity index is 623. The van der Waals surface area contributed by atoms with Crippen molar-refractivity contribution in [2.24, 2.45) is 0 Å². The number of hydrogen-bond acceptors (Lipinski definition) is 4. The van der Waals surface area contributed by atoms with Crippen LogP contribution in [-0.2, 0) is 9.53 Å². The Morgan fingerprint density at radius 2 is 1.88 bits per heavy atom.